The normalized spacial score (nSPS) is 12.9. The topological polar surface area (TPSA) is 117 Å². The number of rotatable bonds is 7. The molecule has 2 N–H and O–H groups in total. The van der Waals surface area contributed by atoms with Gasteiger partial charge in [0.1, 0.15) is 0 Å². The van der Waals surface area contributed by atoms with Crippen LogP contribution in [-0.2, 0) is 6.54 Å². The Balaban J connectivity index is 1.56. The predicted octanol–water partition coefficient (Wildman–Crippen LogP) is 3.77. The van der Waals surface area contributed by atoms with Gasteiger partial charge in [0.25, 0.3) is 17.5 Å². The second-order valence-corrected chi connectivity index (χ2v) is 7.73. The van der Waals surface area contributed by atoms with Crippen LogP contribution < -0.4 is 15.5 Å². The molecule has 4 rings (SSSR count). The molecular weight excluding hydrogens is 422 g/mol. The number of nitrogens with zero attached hydrogens (tertiary/aromatic N) is 3. The minimum absolute atomic E-state index is 0.162. The standard InChI is InChI=1S/C24H23N5O4/c30-23(18-6-3-7-20(13-18)29(32)33)27-19-8-9-22(28-11-1-2-12-28)21(14-19)24(31)26-16-17-5-4-10-25-15-17/h3-10,13-15H,1-2,11-12,16H2,(H,26,31)(H,27,30). The minimum Gasteiger partial charge on any atom is -0.371 e. The summed E-state index contributed by atoms with van der Waals surface area (Å²) in [6.45, 7) is 2.06. The zero-order valence-electron chi connectivity index (χ0n) is 17.9. The monoisotopic (exact) mass is 445 g/mol. The molecule has 3 aromatic rings. The van der Waals surface area contributed by atoms with E-state index in [1.807, 2.05) is 12.1 Å². The van der Waals surface area contributed by atoms with Crippen LogP contribution in [0.4, 0.5) is 17.1 Å². The van der Waals surface area contributed by atoms with Crippen molar-refractivity contribution in [2.45, 2.75) is 19.4 Å². The van der Waals surface area contributed by atoms with Gasteiger partial charge in [-0.05, 0) is 48.7 Å². The highest BCUT2D eigenvalue weighted by molar-refractivity contribution is 6.06. The molecule has 0 unspecified atom stereocenters. The summed E-state index contributed by atoms with van der Waals surface area (Å²) in [6, 6.07) is 14.4. The van der Waals surface area contributed by atoms with E-state index in [1.54, 1.807) is 30.6 Å². The second-order valence-electron chi connectivity index (χ2n) is 7.73. The largest absolute Gasteiger partial charge is 0.371 e. The number of carbonyl (C=O) groups excluding carboxylic acids is 2. The molecule has 2 aromatic carbocycles. The highest BCUT2D eigenvalue weighted by atomic mass is 16.6. The van der Waals surface area contributed by atoms with Crippen LogP contribution in [-0.4, -0.2) is 34.8 Å². The van der Waals surface area contributed by atoms with Gasteiger partial charge in [-0.2, -0.15) is 0 Å². The van der Waals surface area contributed by atoms with E-state index in [4.69, 9.17) is 0 Å². The van der Waals surface area contributed by atoms with Gasteiger partial charge in [-0.3, -0.25) is 24.7 Å². The third-order valence-electron chi connectivity index (χ3n) is 5.44. The Labute approximate surface area is 190 Å². The van der Waals surface area contributed by atoms with E-state index in [2.05, 4.69) is 20.5 Å². The third-order valence-corrected chi connectivity index (χ3v) is 5.44. The van der Waals surface area contributed by atoms with E-state index in [0.29, 0.717) is 17.8 Å². The molecule has 9 heteroatoms. The van der Waals surface area contributed by atoms with Crippen LogP contribution in [0.5, 0.6) is 0 Å². The molecule has 1 fully saturated rings. The summed E-state index contributed by atoms with van der Waals surface area (Å²) < 4.78 is 0. The lowest BCUT2D eigenvalue weighted by molar-refractivity contribution is -0.384. The maximum Gasteiger partial charge on any atom is 0.270 e. The Kier molecular flexibility index (Phi) is 6.58. The number of non-ortho nitro benzene ring substituents is 1. The maximum absolute atomic E-state index is 13.1. The lowest BCUT2D eigenvalue weighted by atomic mass is 10.1. The summed E-state index contributed by atoms with van der Waals surface area (Å²) >= 11 is 0. The lowest BCUT2D eigenvalue weighted by Crippen LogP contribution is -2.27. The van der Waals surface area contributed by atoms with Gasteiger partial charge in [0, 0.05) is 61.1 Å². The molecule has 33 heavy (non-hydrogen) atoms. The van der Waals surface area contributed by atoms with Crippen molar-refractivity contribution < 1.29 is 14.5 Å². The van der Waals surface area contributed by atoms with Gasteiger partial charge in [-0.1, -0.05) is 12.1 Å². The van der Waals surface area contributed by atoms with Crippen molar-refractivity contribution in [1.29, 1.82) is 0 Å². The number of nitro groups is 1. The van der Waals surface area contributed by atoms with Crippen molar-refractivity contribution in [3.8, 4) is 0 Å². The molecule has 0 saturated carbocycles. The number of hydrogen-bond acceptors (Lipinski definition) is 6. The Morgan fingerprint density at radius 3 is 2.58 bits per heavy atom. The summed E-state index contributed by atoms with van der Waals surface area (Å²) in [4.78, 5) is 42.4. The molecule has 1 aliphatic heterocycles. The number of amides is 2. The van der Waals surface area contributed by atoms with Crippen LogP contribution in [0.2, 0.25) is 0 Å². The first-order valence-corrected chi connectivity index (χ1v) is 10.6. The summed E-state index contributed by atoms with van der Waals surface area (Å²) in [5.74, 6) is -0.749. The van der Waals surface area contributed by atoms with Crippen molar-refractivity contribution in [1.82, 2.24) is 10.3 Å². The van der Waals surface area contributed by atoms with Crippen LogP contribution in [0.3, 0.4) is 0 Å². The van der Waals surface area contributed by atoms with Crippen molar-refractivity contribution in [2.75, 3.05) is 23.3 Å². The van der Waals surface area contributed by atoms with Crippen molar-refractivity contribution in [2.24, 2.45) is 0 Å². The fourth-order valence-electron chi connectivity index (χ4n) is 3.77. The number of aromatic nitrogens is 1. The molecular formula is C24H23N5O4. The van der Waals surface area contributed by atoms with E-state index in [1.165, 1.54) is 24.3 Å². The first-order chi connectivity index (χ1) is 16.0. The quantitative estimate of drug-likeness (QED) is 0.422. The van der Waals surface area contributed by atoms with Crippen LogP contribution >= 0.6 is 0 Å². The van der Waals surface area contributed by atoms with Gasteiger partial charge >= 0.3 is 0 Å². The van der Waals surface area contributed by atoms with Gasteiger partial charge < -0.3 is 15.5 Å². The molecule has 2 amide bonds. The van der Waals surface area contributed by atoms with E-state index in [0.717, 1.165) is 37.2 Å². The van der Waals surface area contributed by atoms with Crippen molar-refractivity contribution in [3.05, 3.63) is 93.8 Å². The Hall–Kier alpha value is -4.27. The Morgan fingerprint density at radius 1 is 1.03 bits per heavy atom. The smallest absolute Gasteiger partial charge is 0.270 e. The molecule has 0 radical (unpaired) electrons. The van der Waals surface area contributed by atoms with Crippen LogP contribution in [0.1, 0.15) is 39.1 Å². The zero-order chi connectivity index (χ0) is 23.2. The SMILES string of the molecule is O=C(Nc1ccc(N2CCCC2)c(C(=O)NCc2cccnc2)c1)c1cccc([N+](=O)[O-])c1. The summed E-state index contributed by atoms with van der Waals surface area (Å²) in [5.41, 5.74) is 2.57. The van der Waals surface area contributed by atoms with Crippen LogP contribution in [0, 0.1) is 10.1 Å². The first-order valence-electron chi connectivity index (χ1n) is 10.6. The zero-order valence-corrected chi connectivity index (χ0v) is 17.9. The molecule has 1 aliphatic rings. The molecule has 1 aromatic heterocycles. The average molecular weight is 445 g/mol. The number of anilines is 2. The molecule has 0 aliphatic carbocycles. The van der Waals surface area contributed by atoms with Crippen LogP contribution in [0.15, 0.2) is 67.0 Å². The molecule has 0 bridgehead atoms. The predicted molar refractivity (Wildman–Crippen MR) is 124 cm³/mol. The van der Waals surface area contributed by atoms with Gasteiger partial charge in [0.2, 0.25) is 0 Å². The minimum atomic E-state index is -0.549. The highest BCUT2D eigenvalue weighted by Crippen LogP contribution is 2.28. The van der Waals surface area contributed by atoms with E-state index >= 15 is 0 Å². The highest BCUT2D eigenvalue weighted by Gasteiger charge is 2.21. The number of hydrogen-bond donors (Lipinski definition) is 2. The number of pyridine rings is 1. The average Bonchev–Trinajstić information content (AvgIpc) is 3.38. The fraction of sp³-hybridized carbons (Fsp3) is 0.208. The summed E-state index contributed by atoms with van der Waals surface area (Å²) in [5, 5.41) is 16.7. The van der Waals surface area contributed by atoms with Crippen molar-refractivity contribution in [3.63, 3.8) is 0 Å². The molecule has 9 nitrogen and oxygen atoms in total. The first kappa shape index (κ1) is 21.9. The van der Waals surface area contributed by atoms with E-state index in [9.17, 15) is 19.7 Å². The van der Waals surface area contributed by atoms with Gasteiger partial charge in [0.05, 0.1) is 10.5 Å². The van der Waals surface area contributed by atoms with Crippen molar-refractivity contribution >= 4 is 28.9 Å². The number of benzene rings is 2. The van der Waals surface area contributed by atoms with E-state index in [-0.39, 0.29) is 17.2 Å². The summed E-state index contributed by atoms with van der Waals surface area (Å²) in [6.07, 6.45) is 5.48. The molecule has 2 heterocycles. The fourth-order valence-corrected chi connectivity index (χ4v) is 3.77. The lowest BCUT2D eigenvalue weighted by Gasteiger charge is -2.22. The van der Waals surface area contributed by atoms with Gasteiger partial charge in [0.15, 0.2) is 0 Å². The Morgan fingerprint density at radius 2 is 1.85 bits per heavy atom. The molecule has 0 spiro atoms. The van der Waals surface area contributed by atoms with Gasteiger partial charge in [-0.25, -0.2) is 0 Å². The van der Waals surface area contributed by atoms with Gasteiger partial charge in [-0.15, -0.1) is 0 Å². The van der Waals surface area contributed by atoms with Crippen LogP contribution in [0.25, 0.3) is 0 Å². The Bertz CT molecular complexity index is 1180. The summed E-state index contributed by atoms with van der Waals surface area (Å²) in [7, 11) is 0. The number of carbonyl (C=O) groups is 2. The molecule has 0 atom stereocenters. The third kappa shape index (κ3) is 5.32. The number of nitro benzene ring substituents is 1. The molecule has 168 valence electrons. The second kappa shape index (κ2) is 9.90. The van der Waals surface area contributed by atoms with E-state index < -0.39 is 10.8 Å². The molecule has 1 saturated heterocycles. The number of nitrogens with one attached hydrogen (secondary N) is 2. The maximum atomic E-state index is 13.1.